The maximum absolute atomic E-state index is 12.5. The van der Waals surface area contributed by atoms with Crippen molar-refractivity contribution in [1.29, 1.82) is 5.26 Å². The van der Waals surface area contributed by atoms with Crippen molar-refractivity contribution in [2.45, 2.75) is 20.0 Å². The highest BCUT2D eigenvalue weighted by Crippen LogP contribution is 2.35. The lowest BCUT2D eigenvalue weighted by atomic mass is 10.1. The number of rotatable bonds is 9. The average Bonchev–Trinajstić information content (AvgIpc) is 3.28. The molecule has 0 radical (unpaired) electrons. The Labute approximate surface area is 191 Å². The standard InChI is InChI=1S/C23H25N3O4S2/c1-3-25-19-7-6-16-10-18(5-4-17(16)11-19)22-9-8-21(31-22)15(2)23(12-24)32(29,30)26-13-20(28)14-27/h4-11,20,25-28H,3,13-14H2,1-2H3. The number of nitriles is 1. The van der Waals surface area contributed by atoms with Crippen LogP contribution in [0.4, 0.5) is 5.69 Å². The summed E-state index contributed by atoms with van der Waals surface area (Å²) >= 11 is 1.40. The molecule has 0 spiro atoms. The summed E-state index contributed by atoms with van der Waals surface area (Å²) in [5.41, 5.74) is 2.39. The Morgan fingerprint density at radius 2 is 1.88 bits per heavy atom. The smallest absolute Gasteiger partial charge is 0.251 e. The van der Waals surface area contributed by atoms with Gasteiger partial charge in [0.2, 0.25) is 0 Å². The van der Waals surface area contributed by atoms with Gasteiger partial charge < -0.3 is 15.5 Å². The molecule has 1 heterocycles. The number of hydrogen-bond donors (Lipinski definition) is 4. The molecule has 9 heteroatoms. The summed E-state index contributed by atoms with van der Waals surface area (Å²) in [5, 5.41) is 33.3. The van der Waals surface area contributed by atoms with Crippen LogP contribution in [-0.4, -0.2) is 44.4 Å². The molecule has 4 N–H and O–H groups in total. The van der Waals surface area contributed by atoms with Crippen LogP contribution >= 0.6 is 11.3 Å². The van der Waals surface area contributed by atoms with E-state index in [0.29, 0.717) is 10.5 Å². The fourth-order valence-electron chi connectivity index (χ4n) is 3.21. The average molecular weight is 472 g/mol. The van der Waals surface area contributed by atoms with Crippen LogP contribution in [0.3, 0.4) is 0 Å². The van der Waals surface area contributed by atoms with Gasteiger partial charge in [-0.25, -0.2) is 13.1 Å². The molecule has 0 fully saturated rings. The maximum Gasteiger partial charge on any atom is 0.251 e. The van der Waals surface area contributed by atoms with Crippen molar-refractivity contribution in [1.82, 2.24) is 4.72 Å². The Morgan fingerprint density at radius 3 is 2.56 bits per heavy atom. The third-order valence-electron chi connectivity index (χ3n) is 4.91. The van der Waals surface area contributed by atoms with E-state index in [1.165, 1.54) is 11.3 Å². The van der Waals surface area contributed by atoms with Crippen LogP contribution in [0, 0.1) is 11.3 Å². The summed E-state index contributed by atoms with van der Waals surface area (Å²) in [7, 11) is -4.12. The molecule has 1 atom stereocenters. The van der Waals surface area contributed by atoms with E-state index in [4.69, 9.17) is 5.11 Å². The molecule has 168 valence electrons. The van der Waals surface area contributed by atoms with Gasteiger partial charge in [-0.05, 0) is 66.1 Å². The second-order valence-corrected chi connectivity index (χ2v) is 10.0. The zero-order chi connectivity index (χ0) is 23.3. The fourth-order valence-corrected chi connectivity index (χ4v) is 5.47. The second-order valence-electron chi connectivity index (χ2n) is 7.23. The van der Waals surface area contributed by atoms with Gasteiger partial charge >= 0.3 is 0 Å². The number of nitrogens with zero attached hydrogens (tertiary/aromatic N) is 1. The molecule has 3 aromatic rings. The van der Waals surface area contributed by atoms with Crippen LogP contribution in [0.1, 0.15) is 18.7 Å². The van der Waals surface area contributed by atoms with Gasteiger partial charge in [-0.15, -0.1) is 11.3 Å². The monoisotopic (exact) mass is 471 g/mol. The molecule has 0 saturated heterocycles. The number of benzene rings is 2. The second kappa shape index (κ2) is 10.3. The lowest BCUT2D eigenvalue weighted by Crippen LogP contribution is -2.34. The van der Waals surface area contributed by atoms with Crippen LogP contribution in [0.15, 0.2) is 53.4 Å². The Hall–Kier alpha value is -2.74. The first kappa shape index (κ1) is 23.9. The normalized spacial score (nSPS) is 13.5. The van der Waals surface area contributed by atoms with Crippen LogP contribution in [0.5, 0.6) is 0 Å². The van der Waals surface area contributed by atoms with Crippen molar-refractivity contribution in [3.63, 3.8) is 0 Å². The minimum atomic E-state index is -4.12. The van der Waals surface area contributed by atoms with Crippen LogP contribution in [-0.2, 0) is 10.0 Å². The molecule has 1 unspecified atom stereocenters. The summed E-state index contributed by atoms with van der Waals surface area (Å²) in [6.07, 6.45) is -1.24. The van der Waals surface area contributed by atoms with E-state index < -0.39 is 27.6 Å². The van der Waals surface area contributed by atoms with E-state index in [1.807, 2.05) is 18.2 Å². The van der Waals surface area contributed by atoms with Gasteiger partial charge in [0.15, 0.2) is 4.91 Å². The summed E-state index contributed by atoms with van der Waals surface area (Å²) in [6.45, 7) is 3.53. The molecule has 0 amide bonds. The van der Waals surface area contributed by atoms with E-state index in [9.17, 15) is 18.8 Å². The van der Waals surface area contributed by atoms with Crippen molar-refractivity contribution in [3.05, 3.63) is 58.3 Å². The SMILES string of the molecule is CCNc1ccc2cc(-c3ccc(C(C)=C(C#N)S(=O)(=O)NCC(O)CO)s3)ccc2c1. The molecular weight excluding hydrogens is 446 g/mol. The Morgan fingerprint density at radius 1 is 1.16 bits per heavy atom. The first-order chi connectivity index (χ1) is 15.3. The molecule has 3 rings (SSSR count). The van der Waals surface area contributed by atoms with Crippen molar-refractivity contribution >= 4 is 43.4 Å². The first-order valence-corrected chi connectivity index (χ1v) is 12.4. The van der Waals surface area contributed by atoms with E-state index in [2.05, 4.69) is 41.2 Å². The number of nitrogens with one attached hydrogen (secondary N) is 2. The molecule has 0 aliphatic rings. The highest BCUT2D eigenvalue weighted by atomic mass is 32.2. The number of allylic oxidation sites excluding steroid dienone is 2. The molecule has 7 nitrogen and oxygen atoms in total. The number of sulfonamides is 1. The Kier molecular flexibility index (Phi) is 7.66. The largest absolute Gasteiger partial charge is 0.394 e. The predicted molar refractivity (Wildman–Crippen MR) is 130 cm³/mol. The summed E-state index contributed by atoms with van der Waals surface area (Å²) in [6, 6.07) is 17.8. The number of fused-ring (bicyclic) bond motifs is 1. The molecule has 0 aliphatic heterocycles. The van der Waals surface area contributed by atoms with Gasteiger partial charge in [-0.3, -0.25) is 0 Å². The minimum absolute atomic E-state index is 0.325. The van der Waals surface area contributed by atoms with Crippen molar-refractivity contribution in [2.24, 2.45) is 0 Å². The number of aliphatic hydroxyl groups excluding tert-OH is 2. The van der Waals surface area contributed by atoms with Gasteiger partial charge in [-0.2, -0.15) is 5.26 Å². The van der Waals surface area contributed by atoms with E-state index >= 15 is 0 Å². The summed E-state index contributed by atoms with van der Waals surface area (Å²) in [5.74, 6) is 0. The highest BCUT2D eigenvalue weighted by molar-refractivity contribution is 7.93. The topological polar surface area (TPSA) is 122 Å². The zero-order valence-corrected chi connectivity index (χ0v) is 19.4. The Bertz CT molecular complexity index is 1290. The highest BCUT2D eigenvalue weighted by Gasteiger charge is 2.22. The van der Waals surface area contributed by atoms with Crippen molar-refractivity contribution in [2.75, 3.05) is 25.0 Å². The van der Waals surface area contributed by atoms with Crippen LogP contribution in [0.2, 0.25) is 0 Å². The lowest BCUT2D eigenvalue weighted by molar-refractivity contribution is 0.0989. The molecular formula is C23H25N3O4S2. The lowest BCUT2D eigenvalue weighted by Gasteiger charge is -2.10. The number of thiophene rings is 1. The third kappa shape index (κ3) is 5.35. The van der Waals surface area contributed by atoms with Gasteiger partial charge in [0.1, 0.15) is 6.07 Å². The Balaban J connectivity index is 1.91. The number of anilines is 1. The summed E-state index contributed by atoms with van der Waals surface area (Å²) in [4.78, 5) is 1.20. The molecule has 1 aromatic heterocycles. The van der Waals surface area contributed by atoms with Gasteiger partial charge in [0, 0.05) is 28.5 Å². The molecule has 32 heavy (non-hydrogen) atoms. The van der Waals surface area contributed by atoms with Crippen molar-refractivity contribution in [3.8, 4) is 16.5 Å². The van der Waals surface area contributed by atoms with E-state index in [1.54, 1.807) is 19.1 Å². The number of hydrogen-bond acceptors (Lipinski definition) is 7. The zero-order valence-electron chi connectivity index (χ0n) is 17.8. The summed E-state index contributed by atoms with van der Waals surface area (Å²) < 4.78 is 27.2. The predicted octanol–water partition coefficient (Wildman–Crippen LogP) is 3.53. The number of aliphatic hydroxyl groups is 2. The van der Waals surface area contributed by atoms with Gasteiger partial charge in [0.25, 0.3) is 10.0 Å². The molecule has 0 aliphatic carbocycles. The van der Waals surface area contributed by atoms with Gasteiger partial charge in [0.05, 0.1) is 12.7 Å². The molecule has 0 saturated carbocycles. The van der Waals surface area contributed by atoms with Crippen LogP contribution in [0.25, 0.3) is 26.8 Å². The minimum Gasteiger partial charge on any atom is -0.394 e. The van der Waals surface area contributed by atoms with Gasteiger partial charge in [-0.1, -0.05) is 18.2 Å². The molecule has 0 bridgehead atoms. The van der Waals surface area contributed by atoms with Crippen molar-refractivity contribution < 1.29 is 18.6 Å². The van der Waals surface area contributed by atoms with E-state index in [0.717, 1.165) is 33.4 Å². The third-order valence-corrected chi connectivity index (χ3v) is 7.65. The fraction of sp³-hybridized carbons (Fsp3) is 0.261. The molecule has 2 aromatic carbocycles. The van der Waals surface area contributed by atoms with Crippen LogP contribution < -0.4 is 10.0 Å². The van der Waals surface area contributed by atoms with E-state index in [-0.39, 0.29) is 6.54 Å². The first-order valence-electron chi connectivity index (χ1n) is 10.1. The maximum atomic E-state index is 12.5. The quantitative estimate of drug-likeness (QED) is 0.354.